The van der Waals surface area contributed by atoms with Gasteiger partial charge < -0.3 is 10.2 Å². The molecule has 0 unspecified atom stereocenters. The van der Waals surface area contributed by atoms with Crippen molar-refractivity contribution in [2.75, 3.05) is 13.1 Å². The number of rotatable bonds is 4. The molecule has 1 atom stereocenters. The average Bonchev–Trinajstić information content (AvgIpc) is 3.16. The van der Waals surface area contributed by atoms with Gasteiger partial charge in [0.2, 0.25) is 5.91 Å². The summed E-state index contributed by atoms with van der Waals surface area (Å²) in [7, 11) is 0. The fourth-order valence-corrected chi connectivity index (χ4v) is 5.12. The van der Waals surface area contributed by atoms with Crippen LogP contribution < -0.4 is 5.32 Å². The van der Waals surface area contributed by atoms with Crippen LogP contribution in [0.25, 0.3) is 0 Å². The monoisotopic (exact) mass is 383 g/mol. The smallest absolute Gasteiger partial charge is 0.263 e. The number of aryl methyl sites for hydroxylation is 1. The molecule has 2 aromatic heterocycles. The summed E-state index contributed by atoms with van der Waals surface area (Å²) in [4.78, 5) is 33.5. The van der Waals surface area contributed by atoms with Crippen LogP contribution in [0.5, 0.6) is 0 Å². The Balaban J connectivity index is 1.37. The molecule has 0 spiro atoms. The van der Waals surface area contributed by atoms with Crippen molar-refractivity contribution in [3.8, 4) is 0 Å². The van der Waals surface area contributed by atoms with Crippen LogP contribution in [-0.4, -0.2) is 34.8 Å². The van der Waals surface area contributed by atoms with E-state index >= 15 is 0 Å². The first kappa shape index (κ1) is 18.2. The molecule has 3 heterocycles. The van der Waals surface area contributed by atoms with Crippen molar-refractivity contribution in [2.24, 2.45) is 5.92 Å². The number of amides is 2. The van der Waals surface area contributed by atoms with Crippen LogP contribution >= 0.6 is 11.3 Å². The highest BCUT2D eigenvalue weighted by Gasteiger charge is 2.28. The number of aromatic nitrogens is 1. The molecule has 0 aromatic carbocycles. The largest absolute Gasteiger partial charge is 0.352 e. The van der Waals surface area contributed by atoms with Gasteiger partial charge in [-0.1, -0.05) is 6.07 Å². The molecule has 1 fully saturated rings. The SMILES string of the molecule is O=C(NCc1cccnc1)[C@H]1CCc2sc(C(=O)N3CCCCC3)cc2C1. The highest BCUT2D eigenvalue weighted by atomic mass is 32.1. The topological polar surface area (TPSA) is 62.3 Å². The number of nitrogens with one attached hydrogen (secondary N) is 1. The Kier molecular flexibility index (Phi) is 5.53. The minimum absolute atomic E-state index is 0.0123. The second-order valence-corrected chi connectivity index (χ2v) is 8.57. The molecule has 0 bridgehead atoms. The maximum Gasteiger partial charge on any atom is 0.263 e. The summed E-state index contributed by atoms with van der Waals surface area (Å²) in [5.41, 5.74) is 2.19. The Labute approximate surface area is 163 Å². The third-order valence-electron chi connectivity index (χ3n) is 5.50. The third-order valence-corrected chi connectivity index (χ3v) is 6.72. The molecular weight excluding hydrogens is 358 g/mol. The summed E-state index contributed by atoms with van der Waals surface area (Å²) in [6.07, 6.45) is 9.41. The van der Waals surface area contributed by atoms with Gasteiger partial charge >= 0.3 is 0 Å². The fourth-order valence-electron chi connectivity index (χ4n) is 3.94. The van der Waals surface area contributed by atoms with Gasteiger partial charge in [0.05, 0.1) is 4.88 Å². The molecular formula is C21H25N3O2S. The third kappa shape index (κ3) is 4.21. The molecule has 4 rings (SSSR count). The lowest BCUT2D eigenvalue weighted by Crippen LogP contribution is -2.35. The van der Waals surface area contributed by atoms with Gasteiger partial charge in [0.15, 0.2) is 0 Å². The van der Waals surface area contributed by atoms with E-state index in [0.29, 0.717) is 6.54 Å². The molecule has 0 saturated carbocycles. The van der Waals surface area contributed by atoms with Crippen molar-refractivity contribution in [1.82, 2.24) is 15.2 Å². The minimum atomic E-state index is -0.0123. The number of pyridine rings is 1. The highest BCUT2D eigenvalue weighted by Crippen LogP contribution is 2.33. The summed E-state index contributed by atoms with van der Waals surface area (Å²) < 4.78 is 0. The van der Waals surface area contributed by atoms with Crippen molar-refractivity contribution >= 4 is 23.2 Å². The molecule has 1 aliphatic carbocycles. The quantitative estimate of drug-likeness (QED) is 0.882. The zero-order chi connectivity index (χ0) is 18.6. The van der Waals surface area contributed by atoms with Crippen LogP contribution in [0.2, 0.25) is 0 Å². The van der Waals surface area contributed by atoms with E-state index < -0.39 is 0 Å². The molecule has 2 aliphatic rings. The summed E-state index contributed by atoms with van der Waals surface area (Å²) >= 11 is 1.63. The van der Waals surface area contributed by atoms with Gasteiger partial charge in [-0.15, -0.1) is 11.3 Å². The Hall–Kier alpha value is -2.21. The van der Waals surface area contributed by atoms with Crippen LogP contribution in [0, 0.1) is 5.92 Å². The first-order chi connectivity index (χ1) is 13.2. The second-order valence-electron chi connectivity index (χ2n) is 7.43. The van der Waals surface area contributed by atoms with E-state index in [0.717, 1.165) is 55.6 Å². The van der Waals surface area contributed by atoms with Gasteiger partial charge in [-0.2, -0.15) is 0 Å². The first-order valence-electron chi connectivity index (χ1n) is 9.78. The highest BCUT2D eigenvalue weighted by molar-refractivity contribution is 7.14. The predicted molar refractivity (Wildman–Crippen MR) is 106 cm³/mol. The average molecular weight is 384 g/mol. The minimum Gasteiger partial charge on any atom is -0.352 e. The van der Waals surface area contributed by atoms with Gasteiger partial charge in [-0.25, -0.2) is 0 Å². The molecule has 1 saturated heterocycles. The predicted octanol–water partition coefficient (Wildman–Crippen LogP) is 3.19. The normalized spacial score (nSPS) is 19.4. The lowest BCUT2D eigenvalue weighted by atomic mass is 9.87. The number of hydrogen-bond donors (Lipinski definition) is 1. The fraction of sp³-hybridized carbons (Fsp3) is 0.476. The first-order valence-corrected chi connectivity index (χ1v) is 10.6. The number of nitrogens with zero attached hydrogens (tertiary/aromatic N) is 2. The zero-order valence-electron chi connectivity index (χ0n) is 15.4. The molecule has 2 aromatic rings. The summed E-state index contributed by atoms with van der Waals surface area (Å²) in [6.45, 7) is 2.26. The van der Waals surface area contributed by atoms with Crippen LogP contribution in [-0.2, 0) is 24.2 Å². The van der Waals surface area contributed by atoms with E-state index in [4.69, 9.17) is 0 Å². The summed E-state index contributed by atoms with van der Waals surface area (Å²) in [5, 5.41) is 3.03. The summed E-state index contributed by atoms with van der Waals surface area (Å²) in [6, 6.07) is 5.88. The van der Waals surface area contributed by atoms with Crippen LogP contribution in [0.15, 0.2) is 30.6 Å². The van der Waals surface area contributed by atoms with Gasteiger partial charge in [-0.05, 0) is 61.8 Å². The van der Waals surface area contributed by atoms with E-state index in [2.05, 4.69) is 10.3 Å². The van der Waals surface area contributed by atoms with E-state index in [9.17, 15) is 9.59 Å². The van der Waals surface area contributed by atoms with E-state index in [1.165, 1.54) is 16.9 Å². The van der Waals surface area contributed by atoms with Crippen molar-refractivity contribution in [1.29, 1.82) is 0 Å². The lowest BCUT2D eigenvalue weighted by molar-refractivity contribution is -0.125. The van der Waals surface area contributed by atoms with Gasteiger partial charge in [0.25, 0.3) is 5.91 Å². The van der Waals surface area contributed by atoms with Gasteiger partial charge in [0.1, 0.15) is 0 Å². The number of fused-ring (bicyclic) bond motifs is 1. The maximum absolute atomic E-state index is 12.7. The van der Waals surface area contributed by atoms with Gasteiger partial charge in [0, 0.05) is 42.8 Å². The molecule has 2 amide bonds. The Morgan fingerprint density at radius 2 is 2.11 bits per heavy atom. The molecule has 0 radical (unpaired) electrons. The number of piperidine rings is 1. The number of carbonyl (C=O) groups is 2. The standard InChI is InChI=1S/C21H25N3O2S/c25-20(23-14-15-5-4-8-22-13-15)16-6-7-18-17(11-16)12-19(27-18)21(26)24-9-2-1-3-10-24/h4-5,8,12-13,16H,1-3,6-7,9-11,14H2,(H,23,25)/t16-/m0/s1. The van der Waals surface area contributed by atoms with Crippen LogP contribution in [0.1, 0.15) is 51.4 Å². The molecule has 27 heavy (non-hydrogen) atoms. The molecule has 1 aliphatic heterocycles. The van der Waals surface area contributed by atoms with Gasteiger partial charge in [-0.3, -0.25) is 14.6 Å². The molecule has 5 nitrogen and oxygen atoms in total. The van der Waals surface area contributed by atoms with Crippen LogP contribution in [0.3, 0.4) is 0 Å². The van der Waals surface area contributed by atoms with Crippen LogP contribution in [0.4, 0.5) is 0 Å². The van der Waals surface area contributed by atoms with Crippen molar-refractivity contribution in [3.05, 3.63) is 51.5 Å². The maximum atomic E-state index is 12.7. The lowest BCUT2D eigenvalue weighted by Gasteiger charge is -2.26. The Bertz CT molecular complexity index is 812. The Morgan fingerprint density at radius 3 is 2.89 bits per heavy atom. The number of carbonyl (C=O) groups excluding carboxylic acids is 2. The molecule has 1 N–H and O–H groups in total. The number of hydrogen-bond acceptors (Lipinski definition) is 4. The van der Waals surface area contributed by atoms with E-state index in [1.807, 2.05) is 23.1 Å². The zero-order valence-corrected chi connectivity index (χ0v) is 16.3. The van der Waals surface area contributed by atoms with E-state index in [-0.39, 0.29) is 17.7 Å². The number of thiophene rings is 1. The molecule has 142 valence electrons. The second kappa shape index (κ2) is 8.21. The number of likely N-dealkylation sites (tertiary alicyclic amines) is 1. The van der Waals surface area contributed by atoms with E-state index in [1.54, 1.807) is 23.7 Å². The van der Waals surface area contributed by atoms with Crippen molar-refractivity contribution in [3.63, 3.8) is 0 Å². The van der Waals surface area contributed by atoms with Crippen molar-refractivity contribution < 1.29 is 9.59 Å². The molecule has 6 heteroatoms. The summed E-state index contributed by atoms with van der Waals surface area (Å²) in [5.74, 6) is 0.257. The Morgan fingerprint density at radius 1 is 1.26 bits per heavy atom. The van der Waals surface area contributed by atoms with Crippen molar-refractivity contribution in [2.45, 2.75) is 45.1 Å².